The summed E-state index contributed by atoms with van der Waals surface area (Å²) in [7, 11) is 0. The van der Waals surface area contributed by atoms with Crippen molar-refractivity contribution in [2.24, 2.45) is 16.7 Å². The van der Waals surface area contributed by atoms with E-state index in [9.17, 15) is 9.90 Å². The van der Waals surface area contributed by atoms with Gasteiger partial charge >= 0.3 is 126 Å². The number of carbonyl (C=O) groups is 1. The maximum atomic E-state index is 11.3. The van der Waals surface area contributed by atoms with Crippen molar-refractivity contribution >= 4 is 26.9 Å². The Morgan fingerprint density at radius 1 is 1.53 bits per heavy atom. The van der Waals surface area contributed by atoms with Crippen LogP contribution in [0.3, 0.4) is 0 Å². The predicted molar refractivity (Wildman–Crippen MR) is 75.9 cm³/mol. The Morgan fingerprint density at radius 3 is 2.79 bits per heavy atom. The number of aliphatic hydroxyl groups is 1. The number of ether oxygens (including phenoxy) is 1. The second-order valence-corrected chi connectivity index (χ2v) is 8.78. The molecule has 0 saturated heterocycles. The molecule has 19 heavy (non-hydrogen) atoms. The molecule has 0 aromatic heterocycles. The van der Waals surface area contributed by atoms with Gasteiger partial charge < -0.3 is 0 Å². The van der Waals surface area contributed by atoms with Crippen LogP contribution in [0.5, 0.6) is 0 Å². The molecule has 2 saturated carbocycles. The molecule has 2 bridgehead atoms. The zero-order valence-electron chi connectivity index (χ0n) is 12.0. The average molecular weight is 380 g/mol. The van der Waals surface area contributed by atoms with Crippen LogP contribution in [0.15, 0.2) is 10.2 Å². The number of esters is 1. The van der Waals surface area contributed by atoms with Crippen LogP contribution in [0.1, 0.15) is 40.0 Å². The van der Waals surface area contributed by atoms with Crippen molar-refractivity contribution < 1.29 is 14.6 Å². The Balaban J connectivity index is 1.93. The molecule has 0 spiro atoms. The molecule has 2 aliphatic rings. The Bertz CT molecular complexity index is 378. The second kappa shape index (κ2) is 5.76. The number of carbonyl (C=O) groups excluding carboxylic acids is 1. The minimum absolute atomic E-state index is 0.110. The van der Waals surface area contributed by atoms with Crippen molar-refractivity contribution in [3.8, 4) is 0 Å². The van der Waals surface area contributed by atoms with Crippen LogP contribution in [0.2, 0.25) is 4.47 Å². The summed E-state index contributed by atoms with van der Waals surface area (Å²) in [6, 6.07) is 0. The van der Waals surface area contributed by atoms with Gasteiger partial charge in [-0.3, -0.25) is 0 Å². The second-order valence-electron chi connectivity index (χ2n) is 6.23. The Kier molecular flexibility index (Phi) is 4.65. The van der Waals surface area contributed by atoms with E-state index in [0.717, 1.165) is 17.3 Å². The van der Waals surface area contributed by atoms with Crippen molar-refractivity contribution in [2.75, 3.05) is 6.61 Å². The average Bonchev–Trinajstić information content (AvgIpc) is 2.69. The van der Waals surface area contributed by atoms with Crippen LogP contribution in [-0.4, -0.2) is 44.7 Å². The summed E-state index contributed by atoms with van der Waals surface area (Å²) in [6.45, 7) is 6.89. The fourth-order valence-corrected chi connectivity index (χ4v) is 7.61. The van der Waals surface area contributed by atoms with Crippen molar-refractivity contribution in [1.29, 1.82) is 0 Å². The van der Waals surface area contributed by atoms with E-state index >= 15 is 0 Å². The minimum atomic E-state index is -0.378. The third kappa shape index (κ3) is 2.60. The standard InChI is InChI=1S/C15H24O3Te/c1-4-18-13(17)6-8-19-10-15-7-5-11(9-12(15)16)14(15,2)3/h6,8,11-12,16H,4-5,7,9-10H2,1-3H3/b8-6-. The first-order valence-electron chi connectivity index (χ1n) is 7.07. The summed E-state index contributed by atoms with van der Waals surface area (Å²) in [5.74, 6) is 0.449. The number of aliphatic hydroxyl groups excluding tert-OH is 1. The molecule has 0 heterocycles. The molecule has 3 unspecified atom stereocenters. The van der Waals surface area contributed by atoms with Crippen LogP contribution < -0.4 is 0 Å². The van der Waals surface area contributed by atoms with Gasteiger partial charge in [-0.2, -0.15) is 0 Å². The number of hydrogen-bond donors (Lipinski definition) is 1. The molecule has 1 N–H and O–H groups in total. The first-order chi connectivity index (χ1) is 8.94. The van der Waals surface area contributed by atoms with Gasteiger partial charge in [0.2, 0.25) is 0 Å². The van der Waals surface area contributed by atoms with Gasteiger partial charge in [0.15, 0.2) is 0 Å². The molecule has 3 atom stereocenters. The predicted octanol–water partition coefficient (Wildman–Crippen LogP) is 2.37. The fraction of sp³-hybridized carbons (Fsp3) is 0.800. The molecule has 0 aromatic rings. The molecule has 2 rings (SSSR count). The van der Waals surface area contributed by atoms with Gasteiger partial charge in [0.05, 0.1) is 0 Å². The van der Waals surface area contributed by atoms with E-state index in [2.05, 4.69) is 13.8 Å². The van der Waals surface area contributed by atoms with Crippen LogP contribution in [0.25, 0.3) is 0 Å². The third-order valence-electron chi connectivity index (χ3n) is 5.32. The van der Waals surface area contributed by atoms with Crippen LogP contribution in [0, 0.1) is 16.7 Å². The summed E-state index contributed by atoms with van der Waals surface area (Å²) < 4.78 is 8.00. The van der Waals surface area contributed by atoms with Gasteiger partial charge in [-0.15, -0.1) is 0 Å². The molecular weight excluding hydrogens is 356 g/mol. The van der Waals surface area contributed by atoms with E-state index in [1.165, 1.54) is 6.42 Å². The summed E-state index contributed by atoms with van der Waals surface area (Å²) in [5.41, 5.74) is 0.369. The third-order valence-corrected chi connectivity index (χ3v) is 8.20. The Labute approximate surface area is 125 Å². The van der Waals surface area contributed by atoms with Crippen molar-refractivity contribution in [2.45, 2.75) is 50.6 Å². The van der Waals surface area contributed by atoms with Crippen molar-refractivity contribution in [3.05, 3.63) is 10.2 Å². The quantitative estimate of drug-likeness (QED) is 0.453. The molecule has 0 radical (unpaired) electrons. The summed E-state index contributed by atoms with van der Waals surface area (Å²) in [6.07, 6.45) is 4.83. The number of fused-ring (bicyclic) bond motifs is 2. The van der Waals surface area contributed by atoms with Gasteiger partial charge in [0, 0.05) is 0 Å². The molecule has 108 valence electrons. The Hall–Kier alpha value is -0.0404. The summed E-state index contributed by atoms with van der Waals surface area (Å²) in [5, 5.41) is 10.4. The van der Waals surface area contributed by atoms with Crippen molar-refractivity contribution in [3.63, 3.8) is 0 Å². The van der Waals surface area contributed by atoms with Gasteiger partial charge in [-0.25, -0.2) is 0 Å². The van der Waals surface area contributed by atoms with Gasteiger partial charge in [-0.05, 0) is 0 Å². The normalized spacial score (nSPS) is 36.0. The molecular formula is C15H24O3Te. The van der Waals surface area contributed by atoms with Crippen LogP contribution >= 0.6 is 0 Å². The summed E-state index contributed by atoms with van der Waals surface area (Å²) in [4.78, 5) is 11.3. The van der Waals surface area contributed by atoms with E-state index in [1.54, 1.807) is 6.08 Å². The molecule has 3 nitrogen and oxygen atoms in total. The summed E-state index contributed by atoms with van der Waals surface area (Å²) >= 11 is -0.378. The molecule has 4 heteroatoms. The molecule has 0 aromatic carbocycles. The number of rotatable bonds is 5. The SMILES string of the molecule is CCOC(=O)/C=C\[Te]CC12CCC(CC1O)C2(C)C. The molecule has 0 amide bonds. The van der Waals surface area contributed by atoms with E-state index in [-0.39, 0.29) is 43.8 Å². The van der Waals surface area contributed by atoms with Crippen molar-refractivity contribution in [1.82, 2.24) is 0 Å². The molecule has 0 aliphatic heterocycles. The van der Waals surface area contributed by atoms with Gasteiger partial charge in [0.25, 0.3) is 0 Å². The van der Waals surface area contributed by atoms with E-state index in [4.69, 9.17) is 4.74 Å². The van der Waals surface area contributed by atoms with Gasteiger partial charge in [0.1, 0.15) is 0 Å². The van der Waals surface area contributed by atoms with E-state index in [0.29, 0.717) is 12.5 Å². The molecule has 2 fully saturated rings. The fourth-order valence-electron chi connectivity index (χ4n) is 3.87. The van der Waals surface area contributed by atoms with E-state index in [1.807, 2.05) is 11.0 Å². The number of hydrogen-bond acceptors (Lipinski definition) is 3. The maximum absolute atomic E-state index is 11.3. The zero-order valence-corrected chi connectivity index (χ0v) is 14.3. The molecule has 2 aliphatic carbocycles. The van der Waals surface area contributed by atoms with Gasteiger partial charge in [-0.1, -0.05) is 0 Å². The zero-order chi connectivity index (χ0) is 14.1. The van der Waals surface area contributed by atoms with Crippen LogP contribution in [-0.2, 0) is 9.53 Å². The first-order valence-corrected chi connectivity index (χ1v) is 10.1. The van der Waals surface area contributed by atoms with E-state index < -0.39 is 0 Å². The monoisotopic (exact) mass is 382 g/mol. The van der Waals surface area contributed by atoms with Crippen LogP contribution in [0.4, 0.5) is 0 Å². The first kappa shape index (κ1) is 15.4. The topological polar surface area (TPSA) is 46.5 Å². The Morgan fingerprint density at radius 2 is 2.26 bits per heavy atom.